The van der Waals surface area contributed by atoms with Gasteiger partial charge >= 0.3 is 0 Å². The summed E-state index contributed by atoms with van der Waals surface area (Å²) in [6, 6.07) is 0. The molecule has 1 aromatic heterocycles. The van der Waals surface area contributed by atoms with Crippen molar-refractivity contribution in [3.05, 3.63) is 36.2 Å². The maximum absolute atomic E-state index is 10.4. The van der Waals surface area contributed by atoms with Gasteiger partial charge < -0.3 is 4.98 Å². The molecule has 0 amide bonds. The van der Waals surface area contributed by atoms with Crippen LogP contribution in [0, 0.1) is 0 Å². The molecule has 1 N–H and O–H groups in total. The van der Waals surface area contributed by atoms with Gasteiger partial charge in [0.25, 0.3) is 0 Å². The van der Waals surface area contributed by atoms with Crippen LogP contribution in [0.4, 0.5) is 0 Å². The number of H-pyrrole nitrogens is 1. The fourth-order valence-electron chi connectivity index (χ4n) is 0.961. The van der Waals surface area contributed by atoms with Crippen molar-refractivity contribution < 1.29 is 4.79 Å². The number of aromatic amines is 1. The minimum Gasteiger partial charge on any atom is -0.360 e. The molecule has 0 saturated heterocycles. The third-order valence-corrected chi connectivity index (χ3v) is 1.52. The minimum atomic E-state index is 0.620. The van der Waals surface area contributed by atoms with Crippen molar-refractivity contribution in [1.29, 1.82) is 0 Å². The van der Waals surface area contributed by atoms with Crippen molar-refractivity contribution in [3.63, 3.8) is 0 Å². The Morgan fingerprint density at radius 1 is 1.31 bits per heavy atom. The standard InChI is InChI=1S/C9H9NO.C2H6/c1-3-8-7(6-11)5-10-9(8)4-2;1-2/h3-6,10H,1-2H2;1-2H3. The summed E-state index contributed by atoms with van der Waals surface area (Å²) in [7, 11) is 0. The largest absolute Gasteiger partial charge is 0.360 e. The first kappa shape index (κ1) is 11.4. The van der Waals surface area contributed by atoms with E-state index in [1.165, 1.54) is 0 Å². The molecule has 0 aliphatic rings. The normalized spacial score (nSPS) is 8.15. The van der Waals surface area contributed by atoms with Gasteiger partial charge in [0.1, 0.15) is 0 Å². The van der Waals surface area contributed by atoms with Crippen molar-refractivity contribution in [3.8, 4) is 0 Å². The summed E-state index contributed by atoms with van der Waals surface area (Å²) in [6.07, 6.45) is 5.72. The Morgan fingerprint density at radius 2 is 1.92 bits per heavy atom. The van der Waals surface area contributed by atoms with Crippen LogP contribution in [-0.4, -0.2) is 11.3 Å². The molecule has 0 unspecified atom stereocenters. The number of carbonyl (C=O) groups is 1. The third-order valence-electron chi connectivity index (χ3n) is 1.52. The molecule has 0 spiro atoms. The molecule has 0 atom stereocenters. The van der Waals surface area contributed by atoms with Crippen molar-refractivity contribution in [2.24, 2.45) is 0 Å². The van der Waals surface area contributed by atoms with E-state index >= 15 is 0 Å². The molecule has 0 aromatic carbocycles. The van der Waals surface area contributed by atoms with Crippen molar-refractivity contribution >= 4 is 18.4 Å². The number of hydrogen-bond donors (Lipinski definition) is 1. The molecular formula is C11H15NO. The highest BCUT2D eigenvalue weighted by molar-refractivity contribution is 5.84. The van der Waals surface area contributed by atoms with E-state index in [-0.39, 0.29) is 0 Å². The Kier molecular flexibility index (Phi) is 5.28. The van der Waals surface area contributed by atoms with Gasteiger partial charge in [-0.3, -0.25) is 4.79 Å². The zero-order chi connectivity index (χ0) is 10.3. The number of nitrogens with one attached hydrogen (secondary N) is 1. The highest BCUT2D eigenvalue weighted by Crippen LogP contribution is 2.14. The van der Waals surface area contributed by atoms with E-state index in [4.69, 9.17) is 0 Å². The van der Waals surface area contributed by atoms with Gasteiger partial charge in [0.2, 0.25) is 0 Å². The van der Waals surface area contributed by atoms with Gasteiger partial charge in [0, 0.05) is 23.0 Å². The summed E-state index contributed by atoms with van der Waals surface area (Å²) in [4.78, 5) is 13.3. The van der Waals surface area contributed by atoms with Gasteiger partial charge in [0.15, 0.2) is 6.29 Å². The van der Waals surface area contributed by atoms with Crippen LogP contribution in [0.15, 0.2) is 19.4 Å². The molecule has 1 heterocycles. The molecule has 0 radical (unpaired) electrons. The maximum Gasteiger partial charge on any atom is 0.152 e. The van der Waals surface area contributed by atoms with Gasteiger partial charge in [-0.05, 0) is 6.08 Å². The molecule has 0 aliphatic carbocycles. The molecule has 1 rings (SSSR count). The van der Waals surface area contributed by atoms with Gasteiger partial charge in [-0.2, -0.15) is 0 Å². The fourth-order valence-corrected chi connectivity index (χ4v) is 0.961. The van der Waals surface area contributed by atoms with Crippen LogP contribution < -0.4 is 0 Å². The third kappa shape index (κ3) is 2.44. The number of aromatic nitrogens is 1. The first-order valence-electron chi connectivity index (χ1n) is 4.25. The Bertz CT molecular complexity index is 272. The Labute approximate surface area is 79.0 Å². The fraction of sp³-hybridized carbons (Fsp3) is 0.182. The molecule has 0 fully saturated rings. The van der Waals surface area contributed by atoms with Crippen molar-refractivity contribution in [2.45, 2.75) is 13.8 Å². The van der Waals surface area contributed by atoms with Gasteiger partial charge in [0.05, 0.1) is 0 Å². The number of rotatable bonds is 3. The van der Waals surface area contributed by atoms with E-state index in [1.807, 2.05) is 13.8 Å². The van der Waals surface area contributed by atoms with Gasteiger partial charge in [-0.15, -0.1) is 0 Å². The summed E-state index contributed by atoms with van der Waals surface area (Å²) in [5, 5.41) is 0. The van der Waals surface area contributed by atoms with E-state index in [9.17, 15) is 4.79 Å². The maximum atomic E-state index is 10.4. The lowest BCUT2D eigenvalue weighted by Gasteiger charge is -1.90. The predicted octanol–water partition coefficient (Wildman–Crippen LogP) is 3.14. The molecular weight excluding hydrogens is 162 g/mol. The molecule has 0 bridgehead atoms. The topological polar surface area (TPSA) is 32.9 Å². The molecule has 70 valence electrons. The SMILES string of the molecule is C=Cc1[nH]cc(C=O)c1C=C.CC. The zero-order valence-corrected chi connectivity index (χ0v) is 8.13. The number of carbonyl (C=O) groups excluding carboxylic acids is 1. The zero-order valence-electron chi connectivity index (χ0n) is 8.13. The van der Waals surface area contributed by atoms with E-state index in [0.29, 0.717) is 5.56 Å². The Morgan fingerprint density at radius 3 is 2.31 bits per heavy atom. The highest BCUT2D eigenvalue weighted by Gasteiger charge is 2.02. The molecule has 0 saturated carbocycles. The van der Waals surface area contributed by atoms with Crippen LogP contribution in [0.5, 0.6) is 0 Å². The van der Waals surface area contributed by atoms with Crippen LogP contribution in [0.1, 0.15) is 35.5 Å². The van der Waals surface area contributed by atoms with Crippen molar-refractivity contribution in [2.75, 3.05) is 0 Å². The van der Waals surface area contributed by atoms with E-state index in [0.717, 1.165) is 17.5 Å². The lowest BCUT2D eigenvalue weighted by atomic mass is 10.1. The van der Waals surface area contributed by atoms with E-state index in [2.05, 4.69) is 18.1 Å². The Balaban J connectivity index is 0.000000671. The Hall–Kier alpha value is -1.57. The number of aldehydes is 1. The van der Waals surface area contributed by atoms with Gasteiger partial charge in [-0.25, -0.2) is 0 Å². The summed E-state index contributed by atoms with van der Waals surface area (Å²) < 4.78 is 0. The van der Waals surface area contributed by atoms with E-state index in [1.54, 1.807) is 18.3 Å². The van der Waals surface area contributed by atoms with Crippen LogP contribution in [0.25, 0.3) is 12.2 Å². The summed E-state index contributed by atoms with van der Waals surface area (Å²) in [5.41, 5.74) is 2.27. The highest BCUT2D eigenvalue weighted by atomic mass is 16.1. The van der Waals surface area contributed by atoms with Crippen molar-refractivity contribution in [1.82, 2.24) is 4.98 Å². The molecule has 2 heteroatoms. The summed E-state index contributed by atoms with van der Waals surface area (Å²) >= 11 is 0. The average Bonchev–Trinajstić information content (AvgIpc) is 2.62. The van der Waals surface area contributed by atoms with Crippen LogP contribution in [0.2, 0.25) is 0 Å². The van der Waals surface area contributed by atoms with Crippen LogP contribution in [0.3, 0.4) is 0 Å². The van der Waals surface area contributed by atoms with Gasteiger partial charge in [-0.1, -0.05) is 33.1 Å². The monoisotopic (exact) mass is 177 g/mol. The quantitative estimate of drug-likeness (QED) is 0.707. The predicted molar refractivity (Wildman–Crippen MR) is 57.7 cm³/mol. The molecule has 0 aliphatic heterocycles. The molecule has 2 nitrogen and oxygen atoms in total. The summed E-state index contributed by atoms with van der Waals surface area (Å²) in [5.74, 6) is 0. The molecule has 1 aromatic rings. The lowest BCUT2D eigenvalue weighted by Crippen LogP contribution is -1.79. The second-order valence-corrected chi connectivity index (χ2v) is 2.10. The average molecular weight is 177 g/mol. The first-order chi connectivity index (χ1) is 6.33. The summed E-state index contributed by atoms with van der Waals surface area (Å²) in [6.45, 7) is 11.2. The second kappa shape index (κ2) is 6.00. The van der Waals surface area contributed by atoms with Crippen LogP contribution >= 0.6 is 0 Å². The number of hydrogen-bond acceptors (Lipinski definition) is 1. The van der Waals surface area contributed by atoms with Crippen LogP contribution in [-0.2, 0) is 0 Å². The molecule has 13 heavy (non-hydrogen) atoms. The smallest absolute Gasteiger partial charge is 0.152 e. The minimum absolute atomic E-state index is 0.620. The first-order valence-corrected chi connectivity index (χ1v) is 4.25. The van der Waals surface area contributed by atoms with E-state index < -0.39 is 0 Å². The lowest BCUT2D eigenvalue weighted by molar-refractivity contribution is 0.112. The second-order valence-electron chi connectivity index (χ2n) is 2.10.